The predicted octanol–water partition coefficient (Wildman–Crippen LogP) is 3.79. The number of sulfonamides is 1. The van der Waals surface area contributed by atoms with Gasteiger partial charge in [-0.2, -0.15) is 0 Å². The molecule has 0 saturated carbocycles. The number of nitrogens with two attached hydrogens (primary N) is 1. The van der Waals surface area contributed by atoms with E-state index in [0.29, 0.717) is 17.9 Å². The molecule has 0 spiro atoms. The van der Waals surface area contributed by atoms with Gasteiger partial charge in [-0.1, -0.05) is 37.2 Å². The van der Waals surface area contributed by atoms with E-state index in [1.165, 1.54) is 30.0 Å². The van der Waals surface area contributed by atoms with Crippen LogP contribution in [0, 0.1) is 5.82 Å². The number of hydrogen-bond donors (Lipinski definition) is 1. The van der Waals surface area contributed by atoms with Crippen molar-refractivity contribution >= 4 is 32.8 Å². The number of ether oxygens (including phenoxy) is 1. The largest absolute Gasteiger partial charge is 0.490 e. The monoisotopic (exact) mass is 423 g/mol. The molecule has 150 valence electrons. The van der Waals surface area contributed by atoms with Crippen LogP contribution in [0.25, 0.3) is 11.0 Å². The van der Waals surface area contributed by atoms with Crippen LogP contribution in [0.4, 0.5) is 4.39 Å². The molecule has 2 aromatic carbocycles. The number of fused-ring (bicyclic) bond motifs is 1. The van der Waals surface area contributed by atoms with E-state index in [-0.39, 0.29) is 10.6 Å². The van der Waals surface area contributed by atoms with Gasteiger partial charge in [0.05, 0.1) is 22.5 Å². The van der Waals surface area contributed by atoms with Gasteiger partial charge in [0.1, 0.15) is 0 Å². The fourth-order valence-electron chi connectivity index (χ4n) is 2.75. The van der Waals surface area contributed by atoms with Crippen molar-refractivity contribution in [1.29, 1.82) is 0 Å². The molecule has 1 aromatic heterocycles. The first-order chi connectivity index (χ1) is 13.4. The van der Waals surface area contributed by atoms with Crippen molar-refractivity contribution < 1.29 is 17.5 Å². The average Bonchev–Trinajstić information content (AvgIpc) is 3.00. The minimum atomic E-state index is -3.78. The molecule has 0 radical (unpaired) electrons. The molecule has 0 unspecified atom stereocenters. The molecule has 3 rings (SSSR count). The lowest BCUT2D eigenvalue weighted by atomic mass is 10.3. The maximum Gasteiger partial charge on any atom is 0.238 e. The molecule has 0 atom stereocenters. The first-order valence-electron chi connectivity index (χ1n) is 8.93. The van der Waals surface area contributed by atoms with Crippen molar-refractivity contribution in [1.82, 2.24) is 9.55 Å². The fourth-order valence-corrected chi connectivity index (χ4v) is 4.14. The lowest BCUT2D eigenvalue weighted by molar-refractivity contribution is 0.325. The van der Waals surface area contributed by atoms with Gasteiger partial charge in [0, 0.05) is 12.3 Å². The Balaban J connectivity index is 1.77. The van der Waals surface area contributed by atoms with Crippen LogP contribution >= 0.6 is 11.8 Å². The summed E-state index contributed by atoms with van der Waals surface area (Å²) in [7, 11) is -3.78. The lowest BCUT2D eigenvalue weighted by Crippen LogP contribution is -2.11. The molecule has 0 aliphatic heterocycles. The molecule has 0 amide bonds. The number of para-hydroxylation sites is 1. The normalized spacial score (nSPS) is 11.8. The maximum absolute atomic E-state index is 13.6. The number of thioether (sulfide) groups is 1. The second-order valence-electron chi connectivity index (χ2n) is 6.22. The summed E-state index contributed by atoms with van der Waals surface area (Å²) in [6, 6.07) is 11.0. The average molecular weight is 424 g/mol. The van der Waals surface area contributed by atoms with E-state index < -0.39 is 15.8 Å². The zero-order chi connectivity index (χ0) is 20.1. The van der Waals surface area contributed by atoms with Crippen molar-refractivity contribution in [3.63, 3.8) is 0 Å². The van der Waals surface area contributed by atoms with Gasteiger partial charge in [-0.15, -0.1) is 0 Å². The highest BCUT2D eigenvalue weighted by atomic mass is 32.2. The van der Waals surface area contributed by atoms with Gasteiger partial charge in [0.25, 0.3) is 0 Å². The van der Waals surface area contributed by atoms with Crippen LogP contribution in [0.5, 0.6) is 5.75 Å². The number of aromatic nitrogens is 2. The molecular weight excluding hydrogens is 401 g/mol. The van der Waals surface area contributed by atoms with Crippen LogP contribution in [-0.2, 0) is 16.6 Å². The Labute approximate surface area is 168 Å². The van der Waals surface area contributed by atoms with E-state index in [1.807, 2.05) is 0 Å². The topological polar surface area (TPSA) is 87.2 Å². The molecule has 0 bridgehead atoms. The van der Waals surface area contributed by atoms with Gasteiger partial charge in [0.15, 0.2) is 16.7 Å². The summed E-state index contributed by atoms with van der Waals surface area (Å²) in [6.07, 6.45) is 2.00. The molecule has 28 heavy (non-hydrogen) atoms. The molecule has 3 aromatic rings. The van der Waals surface area contributed by atoms with Crippen LogP contribution in [0.1, 0.15) is 19.8 Å². The van der Waals surface area contributed by atoms with E-state index >= 15 is 0 Å². The number of rotatable bonds is 9. The van der Waals surface area contributed by atoms with Crippen molar-refractivity contribution in [2.75, 3.05) is 12.4 Å². The van der Waals surface area contributed by atoms with Crippen LogP contribution in [0.3, 0.4) is 0 Å². The first-order valence-corrected chi connectivity index (χ1v) is 11.5. The van der Waals surface area contributed by atoms with Crippen molar-refractivity contribution in [3.05, 3.63) is 48.3 Å². The van der Waals surface area contributed by atoms with Crippen molar-refractivity contribution in [2.45, 2.75) is 36.4 Å². The quantitative estimate of drug-likeness (QED) is 0.418. The van der Waals surface area contributed by atoms with E-state index in [2.05, 4.69) is 16.5 Å². The third-order valence-electron chi connectivity index (χ3n) is 4.16. The minimum absolute atomic E-state index is 0.0413. The Morgan fingerprint density at radius 2 is 2.04 bits per heavy atom. The van der Waals surface area contributed by atoms with Crippen LogP contribution in [-0.4, -0.2) is 30.3 Å². The Hall–Kier alpha value is -2.10. The number of aryl methyl sites for hydroxylation is 1. The summed E-state index contributed by atoms with van der Waals surface area (Å²) in [5, 5.41) is 5.99. The number of nitrogens with zero attached hydrogens (tertiary/aromatic N) is 2. The zero-order valence-electron chi connectivity index (χ0n) is 15.5. The summed E-state index contributed by atoms with van der Waals surface area (Å²) in [4.78, 5) is 4.62. The van der Waals surface area contributed by atoms with Crippen LogP contribution in [0.2, 0.25) is 0 Å². The second-order valence-corrected chi connectivity index (χ2v) is 8.85. The Morgan fingerprint density at radius 3 is 2.75 bits per heavy atom. The molecule has 9 heteroatoms. The molecule has 2 N–H and O–H groups in total. The summed E-state index contributed by atoms with van der Waals surface area (Å²) >= 11 is 1.49. The molecule has 6 nitrogen and oxygen atoms in total. The van der Waals surface area contributed by atoms with Gasteiger partial charge in [-0.05, 0) is 36.8 Å². The Kier molecular flexibility index (Phi) is 6.58. The van der Waals surface area contributed by atoms with Gasteiger partial charge in [-0.25, -0.2) is 22.9 Å². The smallest absolute Gasteiger partial charge is 0.238 e. The molecule has 0 saturated heterocycles. The van der Waals surface area contributed by atoms with E-state index in [1.54, 1.807) is 24.3 Å². The van der Waals surface area contributed by atoms with Crippen molar-refractivity contribution in [3.8, 4) is 5.75 Å². The third-order valence-corrected chi connectivity index (χ3v) is 6.01. The second kappa shape index (κ2) is 8.93. The van der Waals surface area contributed by atoms with E-state index in [0.717, 1.165) is 30.1 Å². The Morgan fingerprint density at radius 1 is 1.25 bits per heavy atom. The number of benzene rings is 2. The van der Waals surface area contributed by atoms with Crippen LogP contribution < -0.4 is 9.88 Å². The summed E-state index contributed by atoms with van der Waals surface area (Å²) in [5.41, 5.74) is 1.44. The fraction of sp³-hybridized carbons (Fsp3) is 0.316. The van der Waals surface area contributed by atoms with Crippen LogP contribution in [0.15, 0.2) is 52.5 Å². The predicted molar refractivity (Wildman–Crippen MR) is 109 cm³/mol. The summed E-state index contributed by atoms with van der Waals surface area (Å²) < 4.78 is 44.4. The van der Waals surface area contributed by atoms with Crippen molar-refractivity contribution in [2.24, 2.45) is 5.14 Å². The third kappa shape index (κ3) is 4.84. The number of halogens is 1. The van der Waals surface area contributed by atoms with Gasteiger partial charge < -0.3 is 9.30 Å². The molecular formula is C19H22FN3O3S2. The highest BCUT2D eigenvalue weighted by Gasteiger charge is 2.15. The molecule has 1 heterocycles. The highest BCUT2D eigenvalue weighted by molar-refractivity contribution is 7.99. The zero-order valence-corrected chi connectivity index (χ0v) is 17.1. The SMILES string of the molecule is CCCCn1c(SCCOc2ccccc2F)nc2cc(S(N)(=O)=O)ccc21. The van der Waals surface area contributed by atoms with Gasteiger partial charge in [-0.3, -0.25) is 0 Å². The summed E-state index contributed by atoms with van der Waals surface area (Å²) in [5.74, 6) is 0.407. The first kappa shape index (κ1) is 20.6. The van der Waals surface area contributed by atoms with E-state index in [4.69, 9.17) is 9.88 Å². The summed E-state index contributed by atoms with van der Waals surface area (Å²) in [6.45, 7) is 3.20. The minimum Gasteiger partial charge on any atom is -0.490 e. The lowest BCUT2D eigenvalue weighted by Gasteiger charge is -2.09. The molecule has 0 aliphatic rings. The highest BCUT2D eigenvalue weighted by Crippen LogP contribution is 2.27. The number of imidazole rings is 1. The van der Waals surface area contributed by atoms with E-state index in [9.17, 15) is 12.8 Å². The number of unbranched alkanes of at least 4 members (excludes halogenated alkanes) is 1. The standard InChI is InChI=1S/C19H22FN3O3S2/c1-2-3-10-23-17-9-8-14(28(21,24)25)13-16(17)22-19(23)27-12-11-26-18-7-5-4-6-15(18)20/h4-9,13H,2-3,10-12H2,1H3,(H2,21,24,25). The number of primary sulfonamides is 1. The van der Waals surface area contributed by atoms with Gasteiger partial charge >= 0.3 is 0 Å². The Bertz CT molecular complexity index is 1070. The molecule has 0 aliphatic carbocycles. The number of hydrogen-bond acceptors (Lipinski definition) is 5. The molecule has 0 fully saturated rings. The maximum atomic E-state index is 13.6. The van der Waals surface area contributed by atoms with Gasteiger partial charge in [0.2, 0.25) is 10.0 Å².